The first-order valence-corrected chi connectivity index (χ1v) is 13.5. The van der Waals surface area contributed by atoms with Crippen LogP contribution in [0.25, 0.3) is 0 Å². The van der Waals surface area contributed by atoms with E-state index in [2.05, 4.69) is 14.7 Å². The molecule has 0 saturated carbocycles. The van der Waals surface area contributed by atoms with Gasteiger partial charge in [-0.3, -0.25) is 14.3 Å². The lowest BCUT2D eigenvalue weighted by Gasteiger charge is -2.19. The Bertz CT molecular complexity index is 1460. The van der Waals surface area contributed by atoms with Gasteiger partial charge >= 0.3 is 5.97 Å². The van der Waals surface area contributed by atoms with Crippen LogP contribution in [-0.4, -0.2) is 51.0 Å². The van der Waals surface area contributed by atoms with E-state index in [-0.39, 0.29) is 57.6 Å². The van der Waals surface area contributed by atoms with Crippen molar-refractivity contribution < 1.29 is 37.0 Å². The third kappa shape index (κ3) is 7.80. The van der Waals surface area contributed by atoms with Crippen LogP contribution in [0.5, 0.6) is 23.1 Å². The molecule has 0 amide bonds. The van der Waals surface area contributed by atoms with E-state index in [1.165, 1.54) is 38.3 Å². The standard InChI is InChI=1S/C26H28ClN3O8S/c1-16(32)36-12-13-37-25-23(38-21-14-18(35-5)8-11-20(21)27)24(28-22(15-31)29-25)30-39(33,34)19-9-6-17(7-10-19)26(2,3)4/h6-11,14-15H,12-13H2,1-5H3,(H,28,29,30). The molecular weight excluding hydrogens is 550 g/mol. The van der Waals surface area contributed by atoms with Crippen LogP contribution in [0.3, 0.4) is 0 Å². The number of hydrogen-bond donors (Lipinski definition) is 1. The van der Waals surface area contributed by atoms with E-state index >= 15 is 0 Å². The third-order valence-corrected chi connectivity index (χ3v) is 6.86. The summed E-state index contributed by atoms with van der Waals surface area (Å²) >= 11 is 6.29. The third-order valence-electron chi connectivity index (χ3n) is 5.20. The fourth-order valence-corrected chi connectivity index (χ4v) is 4.36. The topological polar surface area (TPSA) is 143 Å². The quantitative estimate of drug-likeness (QED) is 0.192. The van der Waals surface area contributed by atoms with Crippen molar-refractivity contribution >= 4 is 39.7 Å². The minimum Gasteiger partial charge on any atom is -0.497 e. The molecule has 1 aromatic heterocycles. The van der Waals surface area contributed by atoms with Crippen LogP contribution in [0.4, 0.5) is 5.82 Å². The van der Waals surface area contributed by atoms with Crippen LogP contribution in [0.1, 0.15) is 43.9 Å². The Kier molecular flexibility index (Phi) is 9.36. The first kappa shape index (κ1) is 29.7. The molecule has 2 aromatic carbocycles. The van der Waals surface area contributed by atoms with Crippen molar-refractivity contribution in [2.24, 2.45) is 0 Å². The predicted octanol–water partition coefficient (Wildman–Crippen LogP) is 4.78. The van der Waals surface area contributed by atoms with Gasteiger partial charge in [0.15, 0.2) is 17.9 Å². The van der Waals surface area contributed by atoms with Crippen molar-refractivity contribution in [1.29, 1.82) is 0 Å². The molecule has 0 aliphatic carbocycles. The fourth-order valence-electron chi connectivity index (χ4n) is 3.20. The average Bonchev–Trinajstić information content (AvgIpc) is 2.88. The van der Waals surface area contributed by atoms with E-state index in [1.54, 1.807) is 18.2 Å². The van der Waals surface area contributed by atoms with E-state index in [4.69, 9.17) is 30.5 Å². The highest BCUT2D eigenvalue weighted by atomic mass is 35.5. The zero-order chi connectivity index (χ0) is 28.8. The van der Waals surface area contributed by atoms with Gasteiger partial charge in [-0.1, -0.05) is 44.5 Å². The Balaban J connectivity index is 2.08. The van der Waals surface area contributed by atoms with E-state index in [0.29, 0.717) is 12.0 Å². The summed E-state index contributed by atoms with van der Waals surface area (Å²) in [6.07, 6.45) is 0.317. The van der Waals surface area contributed by atoms with Crippen LogP contribution in [0.2, 0.25) is 5.02 Å². The maximum atomic E-state index is 13.3. The minimum absolute atomic E-state index is 0.0514. The lowest BCUT2D eigenvalue weighted by Crippen LogP contribution is -2.18. The number of ether oxygens (including phenoxy) is 4. The number of halogens is 1. The molecule has 1 heterocycles. The monoisotopic (exact) mass is 577 g/mol. The second kappa shape index (κ2) is 12.3. The molecular formula is C26H28ClN3O8S. The summed E-state index contributed by atoms with van der Waals surface area (Å²) in [5.74, 6) is -1.40. The van der Waals surface area contributed by atoms with Crippen molar-refractivity contribution in [3.8, 4) is 23.1 Å². The number of sulfonamides is 1. The Morgan fingerprint density at radius 2 is 1.77 bits per heavy atom. The van der Waals surface area contributed by atoms with E-state index in [1.807, 2.05) is 20.8 Å². The van der Waals surface area contributed by atoms with Crippen molar-refractivity contribution in [3.05, 3.63) is 58.9 Å². The number of nitrogens with zero attached hydrogens (tertiary/aromatic N) is 2. The molecule has 0 spiro atoms. The Morgan fingerprint density at radius 3 is 2.36 bits per heavy atom. The van der Waals surface area contributed by atoms with Crippen molar-refractivity contribution in [1.82, 2.24) is 9.97 Å². The number of hydrogen-bond acceptors (Lipinski definition) is 10. The zero-order valence-electron chi connectivity index (χ0n) is 22.0. The van der Waals surface area contributed by atoms with Crippen molar-refractivity contribution in [3.63, 3.8) is 0 Å². The molecule has 11 nitrogen and oxygen atoms in total. The summed E-state index contributed by atoms with van der Waals surface area (Å²) in [5.41, 5.74) is 0.753. The van der Waals surface area contributed by atoms with Gasteiger partial charge < -0.3 is 18.9 Å². The minimum atomic E-state index is -4.21. The highest BCUT2D eigenvalue weighted by Crippen LogP contribution is 2.41. The van der Waals surface area contributed by atoms with Crippen LogP contribution < -0.4 is 18.9 Å². The number of benzene rings is 2. The molecule has 39 heavy (non-hydrogen) atoms. The van der Waals surface area contributed by atoms with E-state index < -0.39 is 16.0 Å². The van der Waals surface area contributed by atoms with Crippen molar-refractivity contribution in [2.75, 3.05) is 25.0 Å². The smallest absolute Gasteiger partial charge is 0.302 e. The summed E-state index contributed by atoms with van der Waals surface area (Å²) in [6.45, 7) is 6.93. The fraction of sp³-hybridized carbons (Fsp3) is 0.308. The number of carbonyl (C=O) groups excluding carboxylic acids is 2. The summed E-state index contributed by atoms with van der Waals surface area (Å²) in [6, 6.07) is 10.9. The van der Waals surface area contributed by atoms with Crippen molar-refractivity contribution in [2.45, 2.75) is 38.0 Å². The summed E-state index contributed by atoms with van der Waals surface area (Å²) in [7, 11) is -2.76. The molecule has 0 atom stereocenters. The number of methoxy groups -OCH3 is 1. The lowest BCUT2D eigenvalue weighted by atomic mass is 9.87. The highest BCUT2D eigenvalue weighted by molar-refractivity contribution is 7.92. The molecule has 208 valence electrons. The SMILES string of the molecule is COc1ccc(Cl)c(Oc2c(NS(=O)(=O)c3ccc(C(C)(C)C)cc3)nc(C=O)nc2OCCOC(C)=O)c1. The number of aromatic nitrogens is 2. The van der Waals surface area contributed by atoms with Gasteiger partial charge in [0.25, 0.3) is 15.9 Å². The number of esters is 1. The maximum Gasteiger partial charge on any atom is 0.302 e. The molecule has 0 radical (unpaired) electrons. The number of rotatable bonds is 11. The maximum absolute atomic E-state index is 13.3. The van der Waals surface area contributed by atoms with Crippen LogP contribution >= 0.6 is 11.6 Å². The molecule has 13 heteroatoms. The first-order chi connectivity index (χ1) is 18.3. The van der Waals surface area contributed by atoms with Gasteiger partial charge in [-0.2, -0.15) is 4.98 Å². The highest BCUT2D eigenvalue weighted by Gasteiger charge is 2.25. The number of anilines is 1. The van der Waals surface area contributed by atoms with Gasteiger partial charge in [0.05, 0.1) is 17.0 Å². The average molecular weight is 578 g/mol. The zero-order valence-corrected chi connectivity index (χ0v) is 23.6. The molecule has 3 rings (SSSR count). The number of aldehydes is 1. The summed E-state index contributed by atoms with van der Waals surface area (Å²) < 4.78 is 50.6. The molecule has 0 saturated heterocycles. The second-order valence-electron chi connectivity index (χ2n) is 9.15. The van der Waals surface area contributed by atoms with Gasteiger partial charge in [-0.15, -0.1) is 0 Å². The molecule has 0 fully saturated rings. The summed E-state index contributed by atoms with van der Waals surface area (Å²) in [5, 5.41) is 0.160. The molecule has 0 bridgehead atoms. The first-order valence-electron chi connectivity index (χ1n) is 11.6. The van der Waals surface area contributed by atoms with Crippen LogP contribution in [-0.2, 0) is 25.0 Å². The Hall–Kier alpha value is -3.90. The van der Waals surface area contributed by atoms with Gasteiger partial charge in [0.1, 0.15) is 24.7 Å². The Labute approximate surface area is 231 Å². The molecule has 1 N–H and O–H groups in total. The van der Waals surface area contributed by atoms with Gasteiger partial charge in [0, 0.05) is 13.0 Å². The second-order valence-corrected chi connectivity index (χ2v) is 11.2. The van der Waals surface area contributed by atoms with E-state index in [9.17, 15) is 18.0 Å². The Morgan fingerprint density at radius 1 is 1.08 bits per heavy atom. The van der Waals surface area contributed by atoms with Gasteiger partial charge in [0.2, 0.25) is 5.75 Å². The predicted molar refractivity (Wildman–Crippen MR) is 144 cm³/mol. The van der Waals surface area contributed by atoms with Crippen LogP contribution in [0, 0.1) is 0 Å². The van der Waals surface area contributed by atoms with E-state index in [0.717, 1.165) is 5.56 Å². The molecule has 0 aliphatic heterocycles. The molecule has 3 aromatic rings. The number of carbonyl (C=O) groups is 2. The summed E-state index contributed by atoms with van der Waals surface area (Å²) in [4.78, 5) is 30.7. The van der Waals surface area contributed by atoms with Gasteiger partial charge in [-0.05, 0) is 35.2 Å². The largest absolute Gasteiger partial charge is 0.497 e. The molecule has 0 unspecified atom stereocenters. The normalized spacial score (nSPS) is 11.4. The van der Waals surface area contributed by atoms with Crippen LogP contribution in [0.15, 0.2) is 47.4 Å². The number of nitrogens with one attached hydrogen (secondary N) is 1. The van der Waals surface area contributed by atoms with Gasteiger partial charge in [-0.25, -0.2) is 13.4 Å². The lowest BCUT2D eigenvalue weighted by molar-refractivity contribution is -0.141. The molecule has 0 aliphatic rings.